The number of urea groups is 1. The van der Waals surface area contributed by atoms with Crippen LogP contribution < -0.4 is 5.32 Å². The summed E-state index contributed by atoms with van der Waals surface area (Å²) in [5, 5.41) is 6.90. The van der Waals surface area contributed by atoms with Crippen molar-refractivity contribution in [3.05, 3.63) is 60.4 Å². The number of nitrogens with zero attached hydrogens (tertiary/aromatic N) is 5. The van der Waals surface area contributed by atoms with Gasteiger partial charge in [0.05, 0.1) is 12.1 Å². The van der Waals surface area contributed by atoms with Crippen molar-refractivity contribution >= 4 is 6.03 Å². The Balaban J connectivity index is 1.20. The molecule has 1 saturated heterocycles. The molecule has 8 heteroatoms. The average Bonchev–Trinajstić information content (AvgIpc) is 3.15. The quantitative estimate of drug-likeness (QED) is 0.674. The minimum absolute atomic E-state index is 0.0482. The molecule has 0 aliphatic carbocycles. The largest absolute Gasteiger partial charge is 0.338 e. The number of aromatic nitrogens is 4. The normalized spacial score (nSPS) is 14.0. The number of carbonyl (C=O) groups is 1. The first-order chi connectivity index (χ1) is 13.3. The third-order valence-electron chi connectivity index (χ3n) is 4.51. The second kappa shape index (κ2) is 7.94. The lowest BCUT2D eigenvalue weighted by Gasteiger charge is -2.36. The summed E-state index contributed by atoms with van der Waals surface area (Å²) in [5.41, 5.74) is 1.85. The van der Waals surface area contributed by atoms with Gasteiger partial charge in [-0.3, -0.25) is 4.98 Å². The van der Waals surface area contributed by atoms with Crippen LogP contribution in [0.2, 0.25) is 0 Å². The number of rotatable bonds is 6. The smallest absolute Gasteiger partial charge is 0.317 e. The molecule has 1 aromatic carbocycles. The van der Waals surface area contributed by atoms with Crippen molar-refractivity contribution < 1.29 is 9.32 Å². The van der Waals surface area contributed by atoms with Crippen molar-refractivity contribution in [2.24, 2.45) is 0 Å². The Morgan fingerprint density at radius 2 is 2.07 bits per heavy atom. The van der Waals surface area contributed by atoms with Gasteiger partial charge in [-0.05, 0) is 18.4 Å². The van der Waals surface area contributed by atoms with E-state index in [-0.39, 0.29) is 11.9 Å². The van der Waals surface area contributed by atoms with Crippen LogP contribution in [-0.2, 0) is 6.42 Å². The molecule has 1 N–H and O–H groups in total. The minimum atomic E-state index is -0.0482. The van der Waals surface area contributed by atoms with E-state index >= 15 is 0 Å². The van der Waals surface area contributed by atoms with Crippen LogP contribution >= 0.6 is 0 Å². The van der Waals surface area contributed by atoms with Gasteiger partial charge in [-0.2, -0.15) is 4.98 Å². The Labute approximate surface area is 156 Å². The molecule has 1 aliphatic rings. The standard InChI is InChI=1S/C19H20N6O2/c26-19(22-8-4-7-14-5-2-1-3-6-14)25-12-15(13-25)18-23-17(24-27-18)16-11-20-9-10-21-16/h1-3,5-6,9-11,15H,4,7-8,12-13H2,(H,22,26). The molecular weight excluding hydrogens is 344 g/mol. The van der Waals surface area contributed by atoms with E-state index in [0.29, 0.717) is 37.0 Å². The van der Waals surface area contributed by atoms with Crippen LogP contribution in [0.15, 0.2) is 53.4 Å². The van der Waals surface area contributed by atoms with Gasteiger partial charge in [0.1, 0.15) is 5.69 Å². The fraction of sp³-hybridized carbons (Fsp3) is 0.316. The zero-order valence-electron chi connectivity index (χ0n) is 14.8. The Morgan fingerprint density at radius 1 is 1.22 bits per heavy atom. The third-order valence-corrected chi connectivity index (χ3v) is 4.51. The van der Waals surface area contributed by atoms with Gasteiger partial charge in [0.25, 0.3) is 0 Å². The van der Waals surface area contributed by atoms with E-state index in [1.807, 2.05) is 18.2 Å². The number of likely N-dealkylation sites (tertiary alicyclic amines) is 1. The van der Waals surface area contributed by atoms with E-state index in [4.69, 9.17) is 4.52 Å². The van der Waals surface area contributed by atoms with Crippen LogP contribution in [0.5, 0.6) is 0 Å². The molecular formula is C19H20N6O2. The molecule has 4 rings (SSSR count). The topological polar surface area (TPSA) is 97.0 Å². The number of amides is 2. The second-order valence-corrected chi connectivity index (χ2v) is 6.47. The summed E-state index contributed by atoms with van der Waals surface area (Å²) in [6, 6.07) is 10.2. The third kappa shape index (κ3) is 4.11. The molecule has 0 radical (unpaired) electrons. The van der Waals surface area contributed by atoms with E-state index in [2.05, 4.69) is 37.6 Å². The first-order valence-electron chi connectivity index (χ1n) is 8.96. The second-order valence-electron chi connectivity index (χ2n) is 6.47. The lowest BCUT2D eigenvalue weighted by atomic mass is 10.0. The molecule has 2 amide bonds. The lowest BCUT2D eigenvalue weighted by molar-refractivity contribution is 0.137. The van der Waals surface area contributed by atoms with Crippen LogP contribution in [0.1, 0.15) is 23.8 Å². The van der Waals surface area contributed by atoms with E-state index in [0.717, 1.165) is 12.8 Å². The zero-order valence-corrected chi connectivity index (χ0v) is 14.8. The number of hydrogen-bond acceptors (Lipinski definition) is 6. The van der Waals surface area contributed by atoms with Crippen LogP contribution in [0.4, 0.5) is 4.79 Å². The molecule has 1 fully saturated rings. The van der Waals surface area contributed by atoms with Crippen molar-refractivity contribution in [2.45, 2.75) is 18.8 Å². The molecule has 0 unspecified atom stereocenters. The predicted molar refractivity (Wildman–Crippen MR) is 97.8 cm³/mol. The molecule has 3 aromatic rings. The highest BCUT2D eigenvalue weighted by atomic mass is 16.5. The Bertz CT molecular complexity index is 877. The maximum atomic E-state index is 12.2. The minimum Gasteiger partial charge on any atom is -0.338 e. The number of carbonyl (C=O) groups excluding carboxylic acids is 1. The molecule has 0 saturated carbocycles. The summed E-state index contributed by atoms with van der Waals surface area (Å²) in [6.07, 6.45) is 6.63. The van der Waals surface area contributed by atoms with Crippen molar-refractivity contribution in [1.29, 1.82) is 0 Å². The highest BCUT2D eigenvalue weighted by Gasteiger charge is 2.35. The SMILES string of the molecule is O=C(NCCCc1ccccc1)N1CC(c2nc(-c3cnccn3)no2)C1. The van der Waals surface area contributed by atoms with Gasteiger partial charge in [-0.25, -0.2) is 9.78 Å². The number of benzene rings is 1. The summed E-state index contributed by atoms with van der Waals surface area (Å²) in [6.45, 7) is 1.81. The first-order valence-corrected chi connectivity index (χ1v) is 8.96. The van der Waals surface area contributed by atoms with E-state index in [1.54, 1.807) is 23.5 Å². The number of nitrogens with one attached hydrogen (secondary N) is 1. The summed E-state index contributed by atoms with van der Waals surface area (Å²) in [7, 11) is 0. The van der Waals surface area contributed by atoms with E-state index in [9.17, 15) is 4.79 Å². The average molecular weight is 364 g/mol. The molecule has 3 heterocycles. The number of hydrogen-bond donors (Lipinski definition) is 1. The van der Waals surface area contributed by atoms with Gasteiger partial charge in [0.15, 0.2) is 0 Å². The molecule has 1 aliphatic heterocycles. The molecule has 138 valence electrons. The van der Waals surface area contributed by atoms with E-state index < -0.39 is 0 Å². The fourth-order valence-corrected chi connectivity index (χ4v) is 2.96. The van der Waals surface area contributed by atoms with Crippen molar-refractivity contribution in [1.82, 2.24) is 30.3 Å². The van der Waals surface area contributed by atoms with E-state index in [1.165, 1.54) is 5.56 Å². The molecule has 0 atom stereocenters. The highest BCUT2D eigenvalue weighted by Crippen LogP contribution is 2.26. The fourth-order valence-electron chi connectivity index (χ4n) is 2.96. The maximum absolute atomic E-state index is 12.2. The Morgan fingerprint density at radius 3 is 2.85 bits per heavy atom. The highest BCUT2D eigenvalue weighted by molar-refractivity contribution is 5.75. The van der Waals surface area contributed by atoms with Gasteiger partial charge in [0.2, 0.25) is 11.7 Å². The van der Waals surface area contributed by atoms with Crippen molar-refractivity contribution in [3.8, 4) is 11.5 Å². The summed E-state index contributed by atoms with van der Waals surface area (Å²) < 4.78 is 5.31. The van der Waals surface area contributed by atoms with Gasteiger partial charge in [-0.15, -0.1) is 0 Å². The molecule has 27 heavy (non-hydrogen) atoms. The molecule has 2 aromatic heterocycles. The first kappa shape index (κ1) is 17.1. The Hall–Kier alpha value is -3.29. The summed E-state index contributed by atoms with van der Waals surface area (Å²) >= 11 is 0. The molecule has 0 bridgehead atoms. The molecule has 8 nitrogen and oxygen atoms in total. The lowest BCUT2D eigenvalue weighted by Crippen LogP contribution is -2.52. The number of aryl methyl sites for hydroxylation is 1. The van der Waals surface area contributed by atoms with Gasteiger partial charge in [-0.1, -0.05) is 35.5 Å². The predicted octanol–water partition coefficient (Wildman–Crippen LogP) is 2.27. The zero-order chi connectivity index (χ0) is 18.5. The van der Waals surface area contributed by atoms with Gasteiger partial charge in [0, 0.05) is 32.0 Å². The van der Waals surface area contributed by atoms with Crippen LogP contribution in [-0.4, -0.2) is 50.7 Å². The summed E-state index contributed by atoms with van der Waals surface area (Å²) in [4.78, 5) is 26.4. The van der Waals surface area contributed by atoms with Gasteiger partial charge < -0.3 is 14.7 Å². The van der Waals surface area contributed by atoms with Crippen molar-refractivity contribution in [3.63, 3.8) is 0 Å². The monoisotopic (exact) mass is 364 g/mol. The van der Waals surface area contributed by atoms with Gasteiger partial charge >= 0.3 is 6.03 Å². The summed E-state index contributed by atoms with van der Waals surface area (Å²) in [5.74, 6) is 1.02. The van der Waals surface area contributed by atoms with Crippen LogP contribution in [0.25, 0.3) is 11.5 Å². The van der Waals surface area contributed by atoms with Crippen LogP contribution in [0, 0.1) is 0 Å². The van der Waals surface area contributed by atoms with Crippen LogP contribution in [0.3, 0.4) is 0 Å². The molecule has 0 spiro atoms. The maximum Gasteiger partial charge on any atom is 0.317 e. The van der Waals surface area contributed by atoms with Crippen molar-refractivity contribution in [2.75, 3.05) is 19.6 Å². The Kier molecular flexibility index (Phi) is 5.04.